The van der Waals surface area contributed by atoms with E-state index in [0.29, 0.717) is 12.1 Å². The van der Waals surface area contributed by atoms with E-state index in [4.69, 9.17) is 4.74 Å². The second kappa shape index (κ2) is 8.28. The summed E-state index contributed by atoms with van der Waals surface area (Å²) >= 11 is 0. The van der Waals surface area contributed by atoms with Crippen LogP contribution in [0.5, 0.6) is 0 Å². The molecule has 1 aromatic rings. The SMILES string of the molecule is CCCNC(Cc1cccc(C)c1)CC(C)OC. The molecule has 0 amide bonds. The summed E-state index contributed by atoms with van der Waals surface area (Å²) in [6, 6.07) is 9.28. The van der Waals surface area contributed by atoms with E-state index in [0.717, 1.165) is 19.4 Å². The van der Waals surface area contributed by atoms with Crippen LogP contribution < -0.4 is 5.32 Å². The Hall–Kier alpha value is -0.860. The quantitative estimate of drug-likeness (QED) is 0.763. The first-order valence-electron chi connectivity index (χ1n) is 6.97. The van der Waals surface area contributed by atoms with Gasteiger partial charge in [-0.2, -0.15) is 0 Å². The molecule has 0 spiro atoms. The van der Waals surface area contributed by atoms with E-state index in [9.17, 15) is 0 Å². The van der Waals surface area contributed by atoms with Gasteiger partial charge in [0.1, 0.15) is 0 Å². The molecule has 0 saturated heterocycles. The third-order valence-electron chi connectivity index (χ3n) is 3.27. The molecule has 2 heteroatoms. The standard InChI is InChI=1S/C16H27NO/c1-5-9-17-16(11-14(3)18-4)12-15-8-6-7-13(2)10-15/h6-8,10,14,16-17H,5,9,11-12H2,1-4H3. The average molecular weight is 249 g/mol. The lowest BCUT2D eigenvalue weighted by molar-refractivity contribution is 0.100. The number of methoxy groups -OCH3 is 1. The highest BCUT2D eigenvalue weighted by atomic mass is 16.5. The summed E-state index contributed by atoms with van der Waals surface area (Å²) in [4.78, 5) is 0. The molecule has 1 rings (SSSR count). The maximum absolute atomic E-state index is 5.38. The monoisotopic (exact) mass is 249 g/mol. The molecule has 102 valence electrons. The van der Waals surface area contributed by atoms with Crippen LogP contribution in [0.25, 0.3) is 0 Å². The van der Waals surface area contributed by atoms with Gasteiger partial charge in [0.2, 0.25) is 0 Å². The van der Waals surface area contributed by atoms with Crippen molar-refractivity contribution in [1.29, 1.82) is 0 Å². The first-order chi connectivity index (χ1) is 8.65. The Bertz CT molecular complexity index is 338. The van der Waals surface area contributed by atoms with Crippen LogP contribution in [0.4, 0.5) is 0 Å². The minimum absolute atomic E-state index is 0.309. The number of aryl methyl sites for hydroxylation is 1. The van der Waals surface area contributed by atoms with Gasteiger partial charge in [-0.25, -0.2) is 0 Å². The molecular formula is C16H27NO. The normalized spacial score (nSPS) is 14.4. The van der Waals surface area contributed by atoms with Gasteiger partial charge in [-0.05, 0) is 45.2 Å². The molecule has 0 aliphatic rings. The van der Waals surface area contributed by atoms with Crippen molar-refractivity contribution in [1.82, 2.24) is 5.32 Å². The van der Waals surface area contributed by atoms with Gasteiger partial charge >= 0.3 is 0 Å². The number of hydrogen-bond donors (Lipinski definition) is 1. The number of hydrogen-bond acceptors (Lipinski definition) is 2. The highest BCUT2D eigenvalue weighted by Gasteiger charge is 2.12. The lowest BCUT2D eigenvalue weighted by Gasteiger charge is -2.22. The van der Waals surface area contributed by atoms with Crippen molar-refractivity contribution < 1.29 is 4.74 Å². The van der Waals surface area contributed by atoms with Crippen molar-refractivity contribution in [3.8, 4) is 0 Å². The molecule has 0 fully saturated rings. The summed E-state index contributed by atoms with van der Waals surface area (Å²) in [5.74, 6) is 0. The number of benzene rings is 1. The molecule has 0 aliphatic carbocycles. The summed E-state index contributed by atoms with van der Waals surface area (Å²) in [6.45, 7) is 7.57. The van der Waals surface area contributed by atoms with Crippen molar-refractivity contribution in [3.63, 3.8) is 0 Å². The topological polar surface area (TPSA) is 21.3 Å². The van der Waals surface area contributed by atoms with Gasteiger partial charge in [-0.3, -0.25) is 0 Å². The Kier molecular flexibility index (Phi) is 6.99. The highest BCUT2D eigenvalue weighted by Crippen LogP contribution is 2.11. The van der Waals surface area contributed by atoms with Crippen LogP contribution in [0, 0.1) is 6.92 Å². The van der Waals surface area contributed by atoms with E-state index in [1.54, 1.807) is 7.11 Å². The first kappa shape index (κ1) is 15.2. The third kappa shape index (κ3) is 5.65. The number of ether oxygens (including phenoxy) is 1. The zero-order valence-corrected chi connectivity index (χ0v) is 12.2. The molecule has 0 radical (unpaired) electrons. The highest BCUT2D eigenvalue weighted by molar-refractivity contribution is 5.23. The van der Waals surface area contributed by atoms with Crippen LogP contribution in [-0.4, -0.2) is 25.8 Å². The van der Waals surface area contributed by atoms with E-state index in [-0.39, 0.29) is 0 Å². The molecule has 1 aromatic carbocycles. The zero-order valence-electron chi connectivity index (χ0n) is 12.2. The summed E-state index contributed by atoms with van der Waals surface area (Å²) in [5, 5.41) is 3.62. The minimum Gasteiger partial charge on any atom is -0.382 e. The Labute approximate surface area is 112 Å². The van der Waals surface area contributed by atoms with Crippen LogP contribution >= 0.6 is 0 Å². The molecule has 2 unspecified atom stereocenters. The van der Waals surface area contributed by atoms with E-state index in [2.05, 4.69) is 50.4 Å². The van der Waals surface area contributed by atoms with Crippen molar-refractivity contribution in [2.45, 2.75) is 52.2 Å². The smallest absolute Gasteiger partial charge is 0.0558 e. The lowest BCUT2D eigenvalue weighted by Crippen LogP contribution is -2.35. The van der Waals surface area contributed by atoms with Gasteiger partial charge < -0.3 is 10.1 Å². The molecule has 0 heterocycles. The van der Waals surface area contributed by atoms with Gasteiger partial charge in [0.15, 0.2) is 0 Å². The molecule has 0 saturated carbocycles. The maximum Gasteiger partial charge on any atom is 0.0558 e. The molecule has 2 nitrogen and oxygen atoms in total. The van der Waals surface area contributed by atoms with Crippen molar-refractivity contribution in [2.24, 2.45) is 0 Å². The summed E-state index contributed by atoms with van der Waals surface area (Å²) in [7, 11) is 1.79. The Morgan fingerprint density at radius 1 is 1.33 bits per heavy atom. The van der Waals surface area contributed by atoms with Crippen molar-refractivity contribution in [2.75, 3.05) is 13.7 Å². The first-order valence-corrected chi connectivity index (χ1v) is 6.97. The van der Waals surface area contributed by atoms with Gasteiger partial charge in [0.05, 0.1) is 6.10 Å². The Morgan fingerprint density at radius 2 is 2.11 bits per heavy atom. The predicted octanol–water partition coefficient (Wildman–Crippen LogP) is 3.33. The van der Waals surface area contributed by atoms with Crippen LogP contribution in [0.15, 0.2) is 24.3 Å². The molecule has 0 bridgehead atoms. The van der Waals surface area contributed by atoms with Crippen LogP contribution in [0.2, 0.25) is 0 Å². The van der Waals surface area contributed by atoms with Crippen molar-refractivity contribution in [3.05, 3.63) is 35.4 Å². The van der Waals surface area contributed by atoms with E-state index < -0.39 is 0 Å². The van der Waals surface area contributed by atoms with Gasteiger partial charge in [-0.1, -0.05) is 36.8 Å². The average Bonchev–Trinajstić information content (AvgIpc) is 2.35. The van der Waals surface area contributed by atoms with Crippen LogP contribution in [-0.2, 0) is 11.2 Å². The maximum atomic E-state index is 5.38. The predicted molar refractivity (Wildman–Crippen MR) is 78.1 cm³/mol. The summed E-state index contributed by atoms with van der Waals surface area (Å²) < 4.78 is 5.38. The van der Waals surface area contributed by atoms with Gasteiger partial charge in [0.25, 0.3) is 0 Å². The Morgan fingerprint density at radius 3 is 2.72 bits per heavy atom. The molecule has 0 aliphatic heterocycles. The molecule has 2 atom stereocenters. The van der Waals surface area contributed by atoms with E-state index in [1.807, 2.05) is 0 Å². The molecular weight excluding hydrogens is 222 g/mol. The molecule has 0 aromatic heterocycles. The second-order valence-corrected chi connectivity index (χ2v) is 5.13. The largest absolute Gasteiger partial charge is 0.382 e. The fraction of sp³-hybridized carbons (Fsp3) is 0.625. The lowest BCUT2D eigenvalue weighted by atomic mass is 9.99. The zero-order chi connectivity index (χ0) is 13.4. The third-order valence-corrected chi connectivity index (χ3v) is 3.27. The Balaban J connectivity index is 2.59. The van der Waals surface area contributed by atoms with Crippen LogP contribution in [0.1, 0.15) is 37.8 Å². The van der Waals surface area contributed by atoms with E-state index >= 15 is 0 Å². The second-order valence-electron chi connectivity index (χ2n) is 5.13. The van der Waals surface area contributed by atoms with Crippen LogP contribution in [0.3, 0.4) is 0 Å². The fourth-order valence-electron chi connectivity index (χ4n) is 2.21. The van der Waals surface area contributed by atoms with Gasteiger partial charge in [0, 0.05) is 13.2 Å². The fourth-order valence-corrected chi connectivity index (χ4v) is 2.21. The number of nitrogens with one attached hydrogen (secondary N) is 1. The number of rotatable bonds is 8. The molecule has 18 heavy (non-hydrogen) atoms. The van der Waals surface area contributed by atoms with E-state index in [1.165, 1.54) is 17.5 Å². The minimum atomic E-state index is 0.309. The van der Waals surface area contributed by atoms with Crippen molar-refractivity contribution >= 4 is 0 Å². The molecule has 1 N–H and O–H groups in total. The summed E-state index contributed by atoms with van der Waals surface area (Å²) in [6.07, 6.45) is 3.62. The van der Waals surface area contributed by atoms with Gasteiger partial charge in [-0.15, -0.1) is 0 Å². The summed E-state index contributed by atoms with van der Waals surface area (Å²) in [5.41, 5.74) is 2.74.